The predicted molar refractivity (Wildman–Crippen MR) is 92.9 cm³/mol. The van der Waals surface area contributed by atoms with Crippen molar-refractivity contribution in [2.24, 2.45) is 0 Å². The molecule has 0 aliphatic carbocycles. The van der Waals surface area contributed by atoms with Gasteiger partial charge in [-0.25, -0.2) is 4.79 Å². The highest BCUT2D eigenvalue weighted by atomic mass is 32.1. The minimum absolute atomic E-state index is 0.331. The van der Waals surface area contributed by atoms with Crippen LogP contribution in [0.15, 0.2) is 60.7 Å². The first-order valence-corrected chi connectivity index (χ1v) is 8.02. The average Bonchev–Trinajstić information content (AvgIpc) is 3.02. The van der Waals surface area contributed by atoms with E-state index in [1.165, 1.54) is 11.3 Å². The van der Waals surface area contributed by atoms with Crippen LogP contribution in [0.2, 0.25) is 0 Å². The summed E-state index contributed by atoms with van der Waals surface area (Å²) in [5.41, 5.74) is 3.26. The van der Waals surface area contributed by atoms with Gasteiger partial charge >= 0.3 is 5.97 Å². The van der Waals surface area contributed by atoms with Gasteiger partial charge in [0.05, 0.1) is 12.2 Å². The van der Waals surface area contributed by atoms with Crippen LogP contribution in [0.4, 0.5) is 0 Å². The number of hydrogen-bond acceptors (Lipinski definition) is 3. The second-order valence-corrected chi connectivity index (χ2v) is 6.17. The first-order chi connectivity index (χ1) is 11.2. The number of methoxy groups -OCH3 is 1. The maximum absolute atomic E-state index is 11.7. The highest BCUT2D eigenvalue weighted by Gasteiger charge is 2.19. The molecular weight excluding hydrogens is 308 g/mol. The lowest BCUT2D eigenvalue weighted by Crippen LogP contribution is -1.98. The Labute approximate surface area is 138 Å². The molecule has 0 fully saturated rings. The van der Waals surface area contributed by atoms with Gasteiger partial charge in [-0.1, -0.05) is 54.6 Å². The number of benzene rings is 2. The van der Waals surface area contributed by atoms with Gasteiger partial charge in [-0.15, -0.1) is 11.3 Å². The molecule has 0 radical (unpaired) electrons. The summed E-state index contributed by atoms with van der Waals surface area (Å²) >= 11 is 1.50. The maximum Gasteiger partial charge on any atom is 0.337 e. The monoisotopic (exact) mass is 324 g/mol. The largest absolute Gasteiger partial charge is 0.478 e. The SMILES string of the molecule is COCc1ccccc1-c1sc(-c2ccccc2)cc1C(=O)O. The van der Waals surface area contributed by atoms with Crippen molar-refractivity contribution in [2.75, 3.05) is 7.11 Å². The van der Waals surface area contributed by atoms with Gasteiger partial charge in [0.15, 0.2) is 0 Å². The number of aromatic carboxylic acids is 1. The molecule has 116 valence electrons. The molecule has 1 aromatic heterocycles. The summed E-state index contributed by atoms with van der Waals surface area (Å²) in [4.78, 5) is 13.4. The van der Waals surface area contributed by atoms with Crippen molar-refractivity contribution in [2.45, 2.75) is 6.61 Å². The standard InChI is InChI=1S/C19H16O3S/c1-22-12-14-9-5-6-10-15(14)18-16(19(20)21)11-17(23-18)13-7-3-2-4-8-13/h2-11H,12H2,1H3,(H,20,21). The van der Waals surface area contributed by atoms with Crippen LogP contribution < -0.4 is 0 Å². The van der Waals surface area contributed by atoms with E-state index >= 15 is 0 Å². The van der Waals surface area contributed by atoms with Crippen molar-refractivity contribution in [3.8, 4) is 20.9 Å². The molecule has 0 bridgehead atoms. The van der Waals surface area contributed by atoms with Crippen LogP contribution in [0.3, 0.4) is 0 Å². The van der Waals surface area contributed by atoms with Gasteiger partial charge < -0.3 is 9.84 Å². The van der Waals surface area contributed by atoms with E-state index in [0.29, 0.717) is 12.2 Å². The van der Waals surface area contributed by atoms with Gasteiger partial charge in [0.25, 0.3) is 0 Å². The molecule has 0 amide bonds. The maximum atomic E-state index is 11.7. The van der Waals surface area contributed by atoms with Crippen LogP contribution in [0.25, 0.3) is 20.9 Å². The Morgan fingerprint density at radius 2 is 1.78 bits per heavy atom. The summed E-state index contributed by atoms with van der Waals surface area (Å²) in [7, 11) is 1.64. The number of hydrogen-bond donors (Lipinski definition) is 1. The molecule has 0 saturated carbocycles. The van der Waals surface area contributed by atoms with Crippen LogP contribution in [-0.2, 0) is 11.3 Å². The molecule has 3 rings (SSSR count). The van der Waals surface area contributed by atoms with Crippen molar-refractivity contribution in [3.63, 3.8) is 0 Å². The van der Waals surface area contributed by atoms with Crippen LogP contribution in [0.5, 0.6) is 0 Å². The minimum Gasteiger partial charge on any atom is -0.478 e. The van der Waals surface area contributed by atoms with Crippen LogP contribution >= 0.6 is 11.3 Å². The fraction of sp³-hybridized carbons (Fsp3) is 0.105. The van der Waals surface area contributed by atoms with E-state index in [1.54, 1.807) is 13.2 Å². The highest BCUT2D eigenvalue weighted by molar-refractivity contribution is 7.19. The number of carboxylic acids is 1. The van der Waals surface area contributed by atoms with Gasteiger partial charge in [-0.3, -0.25) is 0 Å². The smallest absolute Gasteiger partial charge is 0.337 e. The molecule has 2 aromatic carbocycles. The molecule has 0 spiro atoms. The zero-order chi connectivity index (χ0) is 16.2. The number of carbonyl (C=O) groups is 1. The Kier molecular flexibility index (Phi) is 4.55. The Balaban J connectivity index is 2.16. The quantitative estimate of drug-likeness (QED) is 0.724. The molecule has 0 aliphatic heterocycles. The molecule has 23 heavy (non-hydrogen) atoms. The summed E-state index contributed by atoms with van der Waals surface area (Å²) < 4.78 is 5.24. The third-order valence-electron chi connectivity index (χ3n) is 3.58. The second kappa shape index (κ2) is 6.77. The third-order valence-corrected chi connectivity index (χ3v) is 4.80. The van der Waals surface area contributed by atoms with E-state index < -0.39 is 5.97 Å². The molecule has 0 atom stereocenters. The van der Waals surface area contributed by atoms with Crippen molar-refractivity contribution < 1.29 is 14.6 Å². The predicted octanol–water partition coefficient (Wildman–Crippen LogP) is 4.93. The zero-order valence-corrected chi connectivity index (χ0v) is 13.5. The van der Waals surface area contributed by atoms with Crippen molar-refractivity contribution in [3.05, 3.63) is 71.8 Å². The molecule has 3 nitrogen and oxygen atoms in total. The van der Waals surface area contributed by atoms with E-state index in [9.17, 15) is 9.90 Å². The third kappa shape index (κ3) is 3.18. The Bertz CT molecular complexity index is 822. The Morgan fingerprint density at radius 1 is 1.09 bits per heavy atom. The fourth-order valence-electron chi connectivity index (χ4n) is 2.52. The van der Waals surface area contributed by atoms with Crippen molar-refractivity contribution in [1.29, 1.82) is 0 Å². The number of thiophene rings is 1. The van der Waals surface area contributed by atoms with Gasteiger partial charge in [0.1, 0.15) is 0 Å². The lowest BCUT2D eigenvalue weighted by Gasteiger charge is -2.08. The lowest BCUT2D eigenvalue weighted by molar-refractivity contribution is 0.0698. The van der Waals surface area contributed by atoms with Gasteiger partial charge in [0, 0.05) is 16.9 Å². The van der Waals surface area contributed by atoms with E-state index in [0.717, 1.165) is 26.4 Å². The van der Waals surface area contributed by atoms with E-state index in [4.69, 9.17) is 4.74 Å². The molecule has 4 heteroatoms. The Hall–Kier alpha value is -2.43. The molecule has 1 heterocycles. The average molecular weight is 324 g/mol. The molecule has 0 saturated heterocycles. The van der Waals surface area contributed by atoms with E-state index in [2.05, 4.69) is 0 Å². The van der Waals surface area contributed by atoms with Crippen LogP contribution in [-0.4, -0.2) is 18.2 Å². The van der Waals surface area contributed by atoms with Crippen LogP contribution in [0, 0.1) is 0 Å². The summed E-state index contributed by atoms with van der Waals surface area (Å²) in [5.74, 6) is -0.911. The molecular formula is C19H16O3S. The first kappa shape index (κ1) is 15.5. The summed E-state index contributed by atoms with van der Waals surface area (Å²) in [6.45, 7) is 0.452. The molecule has 1 N–H and O–H groups in total. The van der Waals surface area contributed by atoms with E-state index in [-0.39, 0.29) is 0 Å². The zero-order valence-electron chi connectivity index (χ0n) is 12.7. The summed E-state index contributed by atoms with van der Waals surface area (Å²) in [5, 5.41) is 9.58. The number of ether oxygens (including phenoxy) is 1. The van der Waals surface area contributed by atoms with Gasteiger partial charge in [-0.05, 0) is 22.8 Å². The topological polar surface area (TPSA) is 46.5 Å². The van der Waals surface area contributed by atoms with Gasteiger partial charge in [-0.2, -0.15) is 0 Å². The number of rotatable bonds is 5. The van der Waals surface area contributed by atoms with Gasteiger partial charge in [0.2, 0.25) is 0 Å². The van der Waals surface area contributed by atoms with E-state index in [1.807, 2.05) is 54.6 Å². The first-order valence-electron chi connectivity index (χ1n) is 7.20. The summed E-state index contributed by atoms with van der Waals surface area (Å²) in [6, 6.07) is 19.3. The van der Waals surface area contributed by atoms with Crippen LogP contribution in [0.1, 0.15) is 15.9 Å². The fourth-order valence-corrected chi connectivity index (χ4v) is 3.73. The molecule has 0 aliphatic rings. The second-order valence-electron chi connectivity index (χ2n) is 5.11. The number of carboxylic acid groups (broad SMARTS) is 1. The van der Waals surface area contributed by atoms with Crippen molar-refractivity contribution in [1.82, 2.24) is 0 Å². The highest BCUT2D eigenvalue weighted by Crippen LogP contribution is 2.39. The lowest BCUT2D eigenvalue weighted by atomic mass is 10.0. The molecule has 0 unspecified atom stereocenters. The minimum atomic E-state index is -0.911. The summed E-state index contributed by atoms with van der Waals surface area (Å²) in [6.07, 6.45) is 0. The normalized spacial score (nSPS) is 10.7. The van der Waals surface area contributed by atoms with Crippen molar-refractivity contribution >= 4 is 17.3 Å². The Morgan fingerprint density at radius 3 is 2.48 bits per heavy atom. The molecule has 3 aromatic rings.